The van der Waals surface area contributed by atoms with Crippen LogP contribution in [-0.4, -0.2) is 22.6 Å². The van der Waals surface area contributed by atoms with Crippen LogP contribution in [0.15, 0.2) is 40.9 Å². The van der Waals surface area contributed by atoms with Gasteiger partial charge in [-0.1, -0.05) is 39.8 Å². The van der Waals surface area contributed by atoms with Gasteiger partial charge in [-0.05, 0) is 64.5 Å². The molecule has 1 N–H and O–H groups in total. The van der Waals surface area contributed by atoms with Crippen molar-refractivity contribution in [3.8, 4) is 0 Å². The highest BCUT2D eigenvalue weighted by molar-refractivity contribution is 9.10. The van der Waals surface area contributed by atoms with Gasteiger partial charge in [0.25, 0.3) is 0 Å². The van der Waals surface area contributed by atoms with Crippen LogP contribution in [0.5, 0.6) is 0 Å². The van der Waals surface area contributed by atoms with E-state index in [1.54, 1.807) is 0 Å². The summed E-state index contributed by atoms with van der Waals surface area (Å²) in [6.07, 6.45) is 2.27. The first-order valence-electron chi connectivity index (χ1n) is 10.2. The number of hydrogen-bond acceptors (Lipinski definition) is 3. The molecule has 0 aliphatic heterocycles. The Kier molecular flexibility index (Phi) is 6.65. The van der Waals surface area contributed by atoms with E-state index in [-0.39, 0.29) is 0 Å². The van der Waals surface area contributed by atoms with Crippen molar-refractivity contribution in [1.29, 1.82) is 0 Å². The molecule has 4 nitrogen and oxygen atoms in total. The second-order valence-corrected chi connectivity index (χ2v) is 8.50. The number of aromatic nitrogens is 2. The van der Waals surface area contributed by atoms with Crippen molar-refractivity contribution in [2.24, 2.45) is 7.05 Å². The average molecular weight is 443 g/mol. The molecule has 0 unspecified atom stereocenters. The molecule has 0 saturated carbocycles. The first-order chi connectivity index (χ1) is 13.5. The molecule has 0 saturated heterocycles. The lowest BCUT2D eigenvalue weighted by Gasteiger charge is -2.25. The minimum Gasteiger partial charge on any atom is -0.370 e. The zero-order valence-corrected chi connectivity index (χ0v) is 19.2. The summed E-state index contributed by atoms with van der Waals surface area (Å²) in [5.74, 6) is 1.36. The lowest BCUT2D eigenvalue weighted by molar-refractivity contribution is 0.745. The molecule has 0 aliphatic carbocycles. The van der Waals surface area contributed by atoms with Gasteiger partial charge in [0.05, 0.1) is 22.4 Å². The summed E-state index contributed by atoms with van der Waals surface area (Å²) in [6.45, 7) is 11.0. The number of benzene rings is 2. The summed E-state index contributed by atoms with van der Waals surface area (Å²) in [5, 5.41) is 3.51. The normalized spacial score (nSPS) is 11.4. The average Bonchev–Trinajstić information content (AvgIpc) is 2.99. The third-order valence-corrected chi connectivity index (χ3v) is 5.76. The zero-order chi connectivity index (χ0) is 20.3. The predicted octanol–water partition coefficient (Wildman–Crippen LogP) is 6.83. The number of rotatable bonds is 8. The number of nitrogens with zero attached hydrogens (tertiary/aromatic N) is 3. The highest BCUT2D eigenvalue weighted by Gasteiger charge is 2.16. The van der Waals surface area contributed by atoms with Gasteiger partial charge in [-0.3, -0.25) is 0 Å². The van der Waals surface area contributed by atoms with Crippen LogP contribution in [0.4, 0.5) is 17.3 Å². The van der Waals surface area contributed by atoms with Gasteiger partial charge in [0.2, 0.25) is 5.95 Å². The first-order valence-corrected chi connectivity index (χ1v) is 11.0. The number of para-hydroxylation sites is 1. The largest absolute Gasteiger partial charge is 0.370 e. The summed E-state index contributed by atoms with van der Waals surface area (Å²) in [6, 6.07) is 12.9. The van der Waals surface area contributed by atoms with Crippen LogP contribution in [0.25, 0.3) is 11.0 Å². The minimum absolute atomic E-state index is 0.506. The first kappa shape index (κ1) is 20.7. The smallest absolute Gasteiger partial charge is 0.208 e. The second kappa shape index (κ2) is 8.99. The number of aryl methyl sites for hydroxylation is 1. The van der Waals surface area contributed by atoms with Crippen LogP contribution in [0.3, 0.4) is 0 Å². The van der Waals surface area contributed by atoms with Crippen LogP contribution in [-0.2, 0) is 7.05 Å². The maximum Gasteiger partial charge on any atom is 0.208 e. The predicted molar refractivity (Wildman–Crippen MR) is 125 cm³/mol. The fourth-order valence-corrected chi connectivity index (χ4v) is 4.12. The molecule has 2 aromatic carbocycles. The molecule has 0 spiro atoms. The van der Waals surface area contributed by atoms with Crippen molar-refractivity contribution in [3.05, 3.63) is 46.4 Å². The Hall–Kier alpha value is -2.01. The van der Waals surface area contributed by atoms with Crippen molar-refractivity contribution in [2.45, 2.75) is 46.5 Å². The molecule has 3 rings (SSSR count). The lowest BCUT2D eigenvalue weighted by atomic mass is 10.0. The van der Waals surface area contributed by atoms with Gasteiger partial charge in [-0.15, -0.1) is 0 Å². The van der Waals surface area contributed by atoms with Crippen LogP contribution >= 0.6 is 15.9 Å². The molecule has 0 radical (unpaired) electrons. The molecular weight excluding hydrogens is 412 g/mol. The topological polar surface area (TPSA) is 33.1 Å². The highest BCUT2D eigenvalue weighted by Crippen LogP contribution is 2.33. The summed E-state index contributed by atoms with van der Waals surface area (Å²) in [5.41, 5.74) is 5.82. The third-order valence-electron chi connectivity index (χ3n) is 5.11. The van der Waals surface area contributed by atoms with Crippen molar-refractivity contribution < 1.29 is 0 Å². The molecule has 5 heteroatoms. The Morgan fingerprint density at radius 3 is 2.43 bits per heavy atom. The van der Waals surface area contributed by atoms with Crippen LogP contribution < -0.4 is 10.2 Å². The Labute approximate surface area is 177 Å². The van der Waals surface area contributed by atoms with Crippen LogP contribution in [0.2, 0.25) is 0 Å². The van der Waals surface area contributed by atoms with Gasteiger partial charge in [0, 0.05) is 24.6 Å². The van der Waals surface area contributed by atoms with Gasteiger partial charge in [-0.25, -0.2) is 4.98 Å². The van der Waals surface area contributed by atoms with Crippen molar-refractivity contribution in [1.82, 2.24) is 9.55 Å². The number of fused-ring (bicyclic) bond motifs is 1. The van der Waals surface area contributed by atoms with Gasteiger partial charge < -0.3 is 14.8 Å². The molecule has 0 aliphatic rings. The van der Waals surface area contributed by atoms with Crippen molar-refractivity contribution in [2.75, 3.05) is 23.3 Å². The van der Waals surface area contributed by atoms with E-state index < -0.39 is 0 Å². The standard InChI is InChI=1S/C23H31BrN4/c1-6-13-28(14-7-2)21-10-8-9-20-22(21)27(5)23(26-20)25-19-12-11-17(16(3)4)15-18(19)24/h8-12,15-16H,6-7,13-14H2,1-5H3,(H,25,26). The van der Waals surface area contributed by atoms with E-state index in [0.29, 0.717) is 5.92 Å². The van der Waals surface area contributed by atoms with Gasteiger partial charge in [-0.2, -0.15) is 0 Å². The minimum atomic E-state index is 0.506. The maximum absolute atomic E-state index is 4.87. The molecular formula is C23H31BrN4. The SMILES string of the molecule is CCCN(CCC)c1cccc2nc(Nc3ccc(C(C)C)cc3Br)n(C)c12. The highest BCUT2D eigenvalue weighted by atomic mass is 79.9. The van der Waals surface area contributed by atoms with Crippen LogP contribution in [0.1, 0.15) is 52.0 Å². The van der Waals surface area contributed by atoms with E-state index in [1.807, 2.05) is 0 Å². The molecule has 1 heterocycles. The molecule has 0 bridgehead atoms. The van der Waals surface area contributed by atoms with Gasteiger partial charge in [0.15, 0.2) is 0 Å². The number of halogens is 1. The number of hydrogen-bond donors (Lipinski definition) is 1. The van der Waals surface area contributed by atoms with Gasteiger partial charge in [0.1, 0.15) is 0 Å². The van der Waals surface area contributed by atoms with Gasteiger partial charge >= 0.3 is 0 Å². The maximum atomic E-state index is 4.87. The molecule has 0 atom stereocenters. The van der Waals surface area contributed by atoms with E-state index in [1.165, 1.54) is 16.8 Å². The summed E-state index contributed by atoms with van der Waals surface area (Å²) < 4.78 is 3.23. The molecule has 0 amide bonds. The van der Waals surface area contributed by atoms with E-state index in [4.69, 9.17) is 4.98 Å². The zero-order valence-electron chi connectivity index (χ0n) is 17.6. The van der Waals surface area contributed by atoms with E-state index in [9.17, 15) is 0 Å². The van der Waals surface area contributed by atoms with E-state index in [2.05, 4.69) is 102 Å². The van der Waals surface area contributed by atoms with E-state index >= 15 is 0 Å². The summed E-state index contributed by atoms with van der Waals surface area (Å²) in [7, 11) is 2.09. The number of anilines is 3. The fourth-order valence-electron chi connectivity index (χ4n) is 3.62. The monoisotopic (exact) mass is 442 g/mol. The molecule has 150 valence electrons. The van der Waals surface area contributed by atoms with Crippen molar-refractivity contribution >= 4 is 44.3 Å². The Morgan fingerprint density at radius 2 is 1.82 bits per heavy atom. The Balaban J connectivity index is 2.00. The number of nitrogens with one attached hydrogen (secondary N) is 1. The Morgan fingerprint density at radius 1 is 1.11 bits per heavy atom. The third kappa shape index (κ3) is 4.19. The molecule has 3 aromatic rings. The summed E-state index contributed by atoms with van der Waals surface area (Å²) >= 11 is 3.71. The summed E-state index contributed by atoms with van der Waals surface area (Å²) in [4.78, 5) is 7.35. The molecule has 1 aromatic heterocycles. The second-order valence-electron chi connectivity index (χ2n) is 7.65. The van der Waals surface area contributed by atoms with Crippen LogP contribution in [0, 0.1) is 0 Å². The Bertz CT molecular complexity index is 939. The molecule has 0 fully saturated rings. The quantitative estimate of drug-likeness (QED) is 0.414. The molecule has 28 heavy (non-hydrogen) atoms. The fraction of sp³-hybridized carbons (Fsp3) is 0.435. The van der Waals surface area contributed by atoms with Crippen molar-refractivity contribution in [3.63, 3.8) is 0 Å². The lowest BCUT2D eigenvalue weighted by Crippen LogP contribution is -2.25. The van der Waals surface area contributed by atoms with E-state index in [0.717, 1.165) is 47.6 Å². The number of imidazole rings is 1.